The summed E-state index contributed by atoms with van der Waals surface area (Å²) in [5.74, 6) is 0. The minimum atomic E-state index is -0.975. The molecule has 3 unspecified atom stereocenters. The second kappa shape index (κ2) is 3.84. The molecule has 0 aromatic rings. The molecule has 1 amide bonds. The second-order valence-corrected chi connectivity index (χ2v) is 5.74. The Bertz CT molecular complexity index is 341. The fraction of sp³-hybridized carbons (Fsp3) is 0.667. The molecule has 2 aliphatic rings. The molecule has 0 aromatic heterocycles. The highest BCUT2D eigenvalue weighted by Crippen LogP contribution is 2.39. The van der Waals surface area contributed by atoms with E-state index in [2.05, 4.69) is 0 Å². The maximum absolute atomic E-state index is 11.1. The van der Waals surface area contributed by atoms with Crippen molar-refractivity contribution in [1.29, 1.82) is 0 Å². The topological polar surface area (TPSA) is 77.8 Å². The van der Waals surface area contributed by atoms with Crippen LogP contribution in [0.3, 0.4) is 0 Å². The minimum Gasteiger partial charge on any atom is -0.473 e. The first-order valence-corrected chi connectivity index (χ1v) is 6.26. The number of fused-ring (bicyclic) bond motifs is 2. The molecule has 2 bridgehead atoms. The zero-order chi connectivity index (χ0) is 11.0. The van der Waals surface area contributed by atoms with Gasteiger partial charge in [-0.05, 0) is 31.1 Å². The zero-order valence-electron chi connectivity index (χ0n) is 8.13. The van der Waals surface area contributed by atoms with Crippen LogP contribution in [0.5, 0.6) is 0 Å². The van der Waals surface area contributed by atoms with Gasteiger partial charge in [-0.1, -0.05) is 10.5 Å². The Labute approximate surface area is 89.6 Å². The van der Waals surface area contributed by atoms with Crippen molar-refractivity contribution < 1.29 is 19.8 Å². The molecule has 3 atom stereocenters. The molecule has 0 spiro atoms. The van der Waals surface area contributed by atoms with Gasteiger partial charge < -0.3 is 10.2 Å². The Hall–Kier alpha value is -1.04. The van der Waals surface area contributed by atoms with Crippen molar-refractivity contribution >= 4 is 27.2 Å². The Balaban J connectivity index is 2.33. The number of rotatable bonds is 0. The van der Waals surface area contributed by atoms with Crippen molar-refractivity contribution in [3.8, 4) is 0 Å². The molecule has 2 aliphatic heterocycles. The number of carboxylic acid groups (broad SMARTS) is 2. The monoisotopic (exact) mass is 231 g/mol. The lowest BCUT2D eigenvalue weighted by atomic mass is 10.0. The summed E-state index contributed by atoms with van der Waals surface area (Å²) in [6.45, 7) is 0. The van der Waals surface area contributed by atoms with E-state index in [4.69, 9.17) is 10.2 Å². The summed E-state index contributed by atoms with van der Waals surface area (Å²) in [7, 11) is -0.918. The van der Waals surface area contributed by atoms with E-state index < -0.39 is 21.9 Å². The Morgan fingerprint density at radius 3 is 2.67 bits per heavy atom. The van der Waals surface area contributed by atoms with Crippen molar-refractivity contribution in [3.63, 3.8) is 0 Å². The quantitative estimate of drug-likeness (QED) is 0.625. The van der Waals surface area contributed by atoms with E-state index in [0.29, 0.717) is 12.8 Å². The van der Waals surface area contributed by atoms with Gasteiger partial charge in [0.1, 0.15) is 0 Å². The SMILES string of the molecule is O=C(O)N1C2CC=S(C(=O)O)C1CCC2. The van der Waals surface area contributed by atoms with Crippen molar-refractivity contribution in [2.75, 3.05) is 0 Å². The molecule has 0 aromatic carbocycles. The van der Waals surface area contributed by atoms with Gasteiger partial charge in [-0.15, -0.1) is 0 Å². The molecule has 1 saturated heterocycles. The first-order valence-electron chi connectivity index (χ1n) is 4.90. The van der Waals surface area contributed by atoms with Gasteiger partial charge in [0.25, 0.3) is 0 Å². The molecular weight excluding hydrogens is 218 g/mol. The maximum atomic E-state index is 11.1. The van der Waals surface area contributed by atoms with Crippen LogP contribution < -0.4 is 0 Å². The molecule has 2 N–H and O–H groups in total. The number of hydrogen-bond acceptors (Lipinski definition) is 2. The van der Waals surface area contributed by atoms with Gasteiger partial charge in [-0.2, -0.15) is 0 Å². The summed E-state index contributed by atoms with van der Waals surface area (Å²) in [5, 5.41) is 18.7. The van der Waals surface area contributed by atoms with Crippen LogP contribution in [0.2, 0.25) is 0 Å². The number of carbonyl (C=O) groups is 2. The molecule has 2 heterocycles. The molecule has 0 saturated carbocycles. The first kappa shape index (κ1) is 10.5. The van der Waals surface area contributed by atoms with Crippen LogP contribution in [0.4, 0.5) is 9.59 Å². The van der Waals surface area contributed by atoms with Crippen LogP contribution in [-0.2, 0) is 0 Å². The molecule has 5 nitrogen and oxygen atoms in total. The molecule has 0 aliphatic carbocycles. The Kier molecular flexibility index (Phi) is 2.68. The average molecular weight is 231 g/mol. The summed E-state index contributed by atoms with van der Waals surface area (Å²) in [6, 6.07) is 0.00403. The lowest BCUT2D eigenvalue weighted by Crippen LogP contribution is -2.51. The smallest absolute Gasteiger partial charge is 0.408 e. The summed E-state index contributed by atoms with van der Waals surface area (Å²) < 4.78 is 0. The highest BCUT2D eigenvalue weighted by atomic mass is 32.2. The summed E-state index contributed by atoms with van der Waals surface area (Å²) in [5.41, 5.74) is 0. The lowest BCUT2D eigenvalue weighted by Gasteiger charge is -2.43. The van der Waals surface area contributed by atoms with E-state index >= 15 is 0 Å². The molecule has 2 rings (SSSR count). The number of piperidine rings is 1. The third-order valence-electron chi connectivity index (χ3n) is 2.96. The van der Waals surface area contributed by atoms with Gasteiger partial charge in [-0.25, -0.2) is 9.59 Å². The van der Waals surface area contributed by atoms with Crippen molar-refractivity contribution in [2.24, 2.45) is 0 Å². The van der Waals surface area contributed by atoms with Gasteiger partial charge in [-0.3, -0.25) is 4.90 Å². The maximum Gasteiger partial charge on any atom is 0.408 e. The van der Waals surface area contributed by atoms with Crippen molar-refractivity contribution in [2.45, 2.75) is 37.1 Å². The van der Waals surface area contributed by atoms with E-state index in [1.54, 1.807) is 5.37 Å². The fourth-order valence-electron chi connectivity index (χ4n) is 2.31. The van der Waals surface area contributed by atoms with Gasteiger partial charge in [0.15, 0.2) is 0 Å². The van der Waals surface area contributed by atoms with Crippen LogP contribution >= 0.6 is 10.5 Å². The van der Waals surface area contributed by atoms with Crippen molar-refractivity contribution in [3.05, 3.63) is 0 Å². The number of hydrogen-bond donors (Lipinski definition) is 2. The number of amides is 1. The highest BCUT2D eigenvalue weighted by Gasteiger charge is 2.40. The van der Waals surface area contributed by atoms with Gasteiger partial charge in [0.05, 0.1) is 5.37 Å². The Morgan fingerprint density at radius 2 is 2.07 bits per heavy atom. The van der Waals surface area contributed by atoms with E-state index in [9.17, 15) is 9.59 Å². The van der Waals surface area contributed by atoms with Crippen molar-refractivity contribution in [1.82, 2.24) is 4.90 Å². The third kappa shape index (κ3) is 1.73. The predicted octanol–water partition coefficient (Wildman–Crippen LogP) is 2.00. The van der Waals surface area contributed by atoms with E-state index in [1.165, 1.54) is 4.90 Å². The summed E-state index contributed by atoms with van der Waals surface area (Å²) in [6.07, 6.45) is 2.07. The standard InChI is InChI=1S/C9H13NO4S/c11-8(12)10-6-2-1-3-7(10)15(5-4-6)9(13)14/h5-7H,1-4H2,(H,11,12)(H,13,14). The third-order valence-corrected chi connectivity index (χ3v) is 4.96. The molecule has 1 fully saturated rings. The predicted molar refractivity (Wildman–Crippen MR) is 57.6 cm³/mol. The average Bonchev–Trinajstić information content (AvgIpc) is 2.15. The zero-order valence-corrected chi connectivity index (χ0v) is 8.94. The normalized spacial score (nSPS) is 34.4. The summed E-state index contributed by atoms with van der Waals surface area (Å²) in [4.78, 5) is 23.4. The number of nitrogens with zero attached hydrogens (tertiary/aromatic N) is 1. The van der Waals surface area contributed by atoms with E-state index in [1.807, 2.05) is 0 Å². The van der Waals surface area contributed by atoms with Gasteiger partial charge >= 0.3 is 11.4 Å². The molecule has 0 radical (unpaired) electrons. The van der Waals surface area contributed by atoms with Crippen LogP contribution in [0.25, 0.3) is 0 Å². The van der Waals surface area contributed by atoms with Gasteiger partial charge in [0, 0.05) is 6.04 Å². The van der Waals surface area contributed by atoms with Gasteiger partial charge in [0.2, 0.25) is 0 Å². The minimum absolute atomic E-state index is 0.00403. The molecular formula is C9H13NO4S. The first-order chi connectivity index (χ1) is 7.11. The summed E-state index contributed by atoms with van der Waals surface area (Å²) >= 11 is 0. The lowest BCUT2D eigenvalue weighted by molar-refractivity contribution is 0.0986. The van der Waals surface area contributed by atoms with Crippen LogP contribution in [0.1, 0.15) is 25.7 Å². The van der Waals surface area contributed by atoms with E-state index in [-0.39, 0.29) is 11.4 Å². The molecule has 15 heavy (non-hydrogen) atoms. The molecule has 6 heteroatoms. The second-order valence-electron chi connectivity index (χ2n) is 3.77. The molecule has 84 valence electrons. The van der Waals surface area contributed by atoms with Crippen LogP contribution in [0.15, 0.2) is 0 Å². The fourth-order valence-corrected chi connectivity index (χ4v) is 4.27. The van der Waals surface area contributed by atoms with Crippen LogP contribution in [0, 0.1) is 0 Å². The highest BCUT2D eigenvalue weighted by molar-refractivity contribution is 8.27. The Morgan fingerprint density at radius 1 is 1.33 bits per heavy atom. The van der Waals surface area contributed by atoms with Crippen LogP contribution in [-0.4, -0.2) is 43.3 Å². The largest absolute Gasteiger partial charge is 0.473 e. The van der Waals surface area contributed by atoms with E-state index in [0.717, 1.165) is 12.8 Å².